The van der Waals surface area contributed by atoms with E-state index in [9.17, 15) is 18.5 Å². The first-order valence-electron chi connectivity index (χ1n) is 6.31. The summed E-state index contributed by atoms with van der Waals surface area (Å²) in [4.78, 5) is 10.1. The highest BCUT2D eigenvalue weighted by Crippen LogP contribution is 2.29. The summed E-state index contributed by atoms with van der Waals surface area (Å²) in [7, 11) is -4.00. The summed E-state index contributed by atoms with van der Waals surface area (Å²) in [5, 5.41) is 23.1. The van der Waals surface area contributed by atoms with Crippen LogP contribution in [0.5, 0.6) is 0 Å². The second-order valence-electron chi connectivity index (χ2n) is 4.91. The first-order chi connectivity index (χ1) is 10.2. The molecule has 0 saturated heterocycles. The van der Waals surface area contributed by atoms with Crippen molar-refractivity contribution in [3.8, 4) is 0 Å². The largest absolute Gasteiger partial charge is 0.347 e. The Kier molecular flexibility index (Phi) is 4.15. The highest BCUT2D eigenvalue weighted by atomic mass is 32.2. The van der Waals surface area contributed by atoms with E-state index in [-0.39, 0.29) is 22.3 Å². The molecule has 22 heavy (non-hydrogen) atoms. The number of nitro benzene ring substituents is 1. The molecular formula is C12H15N5O4S. The molecule has 0 aliphatic heterocycles. The predicted molar refractivity (Wildman–Crippen MR) is 80.4 cm³/mol. The second kappa shape index (κ2) is 5.73. The first-order valence-corrected chi connectivity index (χ1v) is 7.85. The van der Waals surface area contributed by atoms with Crippen molar-refractivity contribution in [3.63, 3.8) is 0 Å². The van der Waals surface area contributed by atoms with E-state index in [0.29, 0.717) is 5.69 Å². The van der Waals surface area contributed by atoms with Gasteiger partial charge in [0.25, 0.3) is 5.69 Å². The fourth-order valence-corrected chi connectivity index (χ4v) is 2.32. The highest BCUT2D eigenvalue weighted by Gasteiger charge is 2.19. The molecule has 118 valence electrons. The number of rotatable bonds is 5. The van der Waals surface area contributed by atoms with Gasteiger partial charge in [0.1, 0.15) is 5.69 Å². The van der Waals surface area contributed by atoms with Gasteiger partial charge in [-0.05, 0) is 26.0 Å². The Labute approximate surface area is 126 Å². The van der Waals surface area contributed by atoms with E-state index in [2.05, 4.69) is 10.4 Å². The van der Waals surface area contributed by atoms with Crippen molar-refractivity contribution in [1.82, 2.24) is 9.78 Å². The van der Waals surface area contributed by atoms with Crippen molar-refractivity contribution in [3.05, 3.63) is 40.7 Å². The van der Waals surface area contributed by atoms with Gasteiger partial charge in [0, 0.05) is 18.3 Å². The second-order valence-corrected chi connectivity index (χ2v) is 6.47. The normalized spacial score (nSPS) is 11.6. The van der Waals surface area contributed by atoms with Crippen molar-refractivity contribution in [2.24, 2.45) is 5.14 Å². The van der Waals surface area contributed by atoms with Crippen LogP contribution in [-0.2, 0) is 10.0 Å². The Morgan fingerprint density at radius 2 is 2.09 bits per heavy atom. The fourth-order valence-electron chi connectivity index (χ4n) is 1.79. The van der Waals surface area contributed by atoms with E-state index in [1.807, 2.05) is 13.8 Å². The molecule has 10 heteroatoms. The van der Waals surface area contributed by atoms with E-state index in [1.165, 1.54) is 18.3 Å². The lowest BCUT2D eigenvalue weighted by atomic mass is 10.2. The SMILES string of the molecule is CC(C)n1cc(Nc2ccc(S(N)(=O)=O)cc2[N+](=O)[O-])cn1. The minimum atomic E-state index is -4.00. The molecule has 2 rings (SSSR count). The summed E-state index contributed by atoms with van der Waals surface area (Å²) < 4.78 is 24.2. The maximum Gasteiger partial charge on any atom is 0.294 e. The van der Waals surface area contributed by atoms with Crippen LogP contribution >= 0.6 is 0 Å². The van der Waals surface area contributed by atoms with Gasteiger partial charge in [-0.3, -0.25) is 14.8 Å². The van der Waals surface area contributed by atoms with Crippen LogP contribution in [0.15, 0.2) is 35.5 Å². The monoisotopic (exact) mass is 325 g/mol. The minimum Gasteiger partial charge on any atom is -0.347 e. The van der Waals surface area contributed by atoms with E-state index in [1.54, 1.807) is 10.9 Å². The molecule has 1 aromatic heterocycles. The quantitative estimate of drug-likeness (QED) is 0.635. The number of primary sulfonamides is 1. The average molecular weight is 325 g/mol. The molecule has 0 aliphatic rings. The molecule has 0 radical (unpaired) electrons. The molecule has 3 N–H and O–H groups in total. The summed E-state index contributed by atoms with van der Waals surface area (Å²) in [6, 6.07) is 3.57. The third-order valence-corrected chi connectivity index (χ3v) is 3.82. The Hall–Kier alpha value is -2.46. The van der Waals surface area contributed by atoms with Crippen LogP contribution in [-0.4, -0.2) is 23.1 Å². The molecule has 2 aromatic rings. The van der Waals surface area contributed by atoms with Gasteiger partial charge in [-0.2, -0.15) is 5.10 Å². The summed E-state index contributed by atoms with van der Waals surface area (Å²) >= 11 is 0. The van der Waals surface area contributed by atoms with Gasteiger partial charge in [-0.15, -0.1) is 0 Å². The Morgan fingerprint density at radius 1 is 1.41 bits per heavy atom. The van der Waals surface area contributed by atoms with Crippen molar-refractivity contribution < 1.29 is 13.3 Å². The zero-order valence-electron chi connectivity index (χ0n) is 11.9. The Morgan fingerprint density at radius 3 is 2.59 bits per heavy atom. The minimum absolute atomic E-state index is 0.148. The van der Waals surface area contributed by atoms with Crippen LogP contribution in [0.3, 0.4) is 0 Å². The van der Waals surface area contributed by atoms with Gasteiger partial charge in [0.15, 0.2) is 0 Å². The summed E-state index contributed by atoms with van der Waals surface area (Å²) in [5.74, 6) is 0. The van der Waals surface area contributed by atoms with Gasteiger partial charge in [-0.25, -0.2) is 13.6 Å². The van der Waals surface area contributed by atoms with Crippen LogP contribution in [0.4, 0.5) is 17.1 Å². The van der Waals surface area contributed by atoms with E-state index < -0.39 is 14.9 Å². The van der Waals surface area contributed by atoms with Gasteiger partial charge in [0.2, 0.25) is 10.0 Å². The molecular weight excluding hydrogens is 310 g/mol. The molecule has 1 aromatic carbocycles. The molecule has 9 nitrogen and oxygen atoms in total. The summed E-state index contributed by atoms with van der Waals surface area (Å²) in [6.45, 7) is 3.89. The van der Waals surface area contributed by atoms with Gasteiger partial charge < -0.3 is 5.32 Å². The molecule has 0 bridgehead atoms. The lowest BCUT2D eigenvalue weighted by Crippen LogP contribution is -2.12. The van der Waals surface area contributed by atoms with Crippen molar-refractivity contribution in [2.75, 3.05) is 5.32 Å². The zero-order valence-corrected chi connectivity index (χ0v) is 12.7. The van der Waals surface area contributed by atoms with Crippen molar-refractivity contribution in [2.45, 2.75) is 24.8 Å². The summed E-state index contributed by atoms with van der Waals surface area (Å²) in [5.41, 5.74) is 0.324. The van der Waals surface area contributed by atoms with E-state index >= 15 is 0 Å². The molecule has 0 aliphatic carbocycles. The highest BCUT2D eigenvalue weighted by molar-refractivity contribution is 7.89. The lowest BCUT2D eigenvalue weighted by Gasteiger charge is -2.07. The number of benzene rings is 1. The number of hydrogen-bond donors (Lipinski definition) is 2. The van der Waals surface area contributed by atoms with E-state index in [4.69, 9.17) is 5.14 Å². The third-order valence-electron chi connectivity index (χ3n) is 2.90. The predicted octanol–water partition coefficient (Wildman–Crippen LogP) is 1.76. The smallest absolute Gasteiger partial charge is 0.294 e. The number of nitrogens with two attached hydrogens (primary N) is 1. The topological polar surface area (TPSA) is 133 Å². The number of hydrogen-bond acceptors (Lipinski definition) is 6. The lowest BCUT2D eigenvalue weighted by molar-refractivity contribution is -0.384. The number of anilines is 2. The van der Waals surface area contributed by atoms with Crippen molar-refractivity contribution in [1.29, 1.82) is 0 Å². The van der Waals surface area contributed by atoms with Crippen molar-refractivity contribution >= 4 is 27.1 Å². The zero-order chi connectivity index (χ0) is 16.5. The van der Waals surface area contributed by atoms with Gasteiger partial charge in [-0.1, -0.05) is 0 Å². The van der Waals surface area contributed by atoms with E-state index in [0.717, 1.165) is 6.07 Å². The number of nitrogens with zero attached hydrogens (tertiary/aromatic N) is 3. The molecule has 0 amide bonds. The number of nitrogens with one attached hydrogen (secondary N) is 1. The fraction of sp³-hybridized carbons (Fsp3) is 0.250. The van der Waals surface area contributed by atoms with Gasteiger partial charge in [0.05, 0.1) is 21.7 Å². The van der Waals surface area contributed by atoms with Gasteiger partial charge >= 0.3 is 0 Å². The van der Waals surface area contributed by atoms with Crippen LogP contribution in [0.25, 0.3) is 0 Å². The molecule has 0 unspecified atom stereocenters. The maximum absolute atomic E-state index is 11.3. The van der Waals surface area contributed by atoms with Crippen LogP contribution in [0.2, 0.25) is 0 Å². The number of aromatic nitrogens is 2. The summed E-state index contributed by atoms with van der Waals surface area (Å²) in [6.07, 6.45) is 3.22. The third kappa shape index (κ3) is 3.40. The molecule has 0 saturated carbocycles. The number of sulfonamides is 1. The van der Waals surface area contributed by atoms with Crippen LogP contribution < -0.4 is 10.5 Å². The van der Waals surface area contributed by atoms with Crippen LogP contribution in [0.1, 0.15) is 19.9 Å². The molecule has 0 atom stereocenters. The number of nitro groups is 1. The maximum atomic E-state index is 11.3. The Balaban J connectivity index is 2.40. The first kappa shape index (κ1) is 15.9. The Bertz CT molecular complexity index is 813. The standard InChI is InChI=1S/C12H15N5O4S/c1-8(2)16-7-9(6-14-16)15-11-4-3-10(22(13,20)21)5-12(11)17(18)19/h3-8,15H,1-2H3,(H2,13,20,21). The molecule has 0 fully saturated rings. The molecule has 0 spiro atoms. The molecule has 1 heterocycles. The average Bonchev–Trinajstić information content (AvgIpc) is 2.86. The van der Waals surface area contributed by atoms with Crippen LogP contribution in [0, 0.1) is 10.1 Å².